The Bertz CT molecular complexity index is 695. The molecule has 6 nitrogen and oxygen atoms in total. The summed E-state index contributed by atoms with van der Waals surface area (Å²) in [6, 6.07) is 0. The van der Waals surface area contributed by atoms with Crippen LogP contribution in [0.2, 0.25) is 0 Å². The van der Waals surface area contributed by atoms with Crippen molar-refractivity contribution in [3.63, 3.8) is 0 Å². The molecule has 1 heterocycles. The molecule has 0 aromatic heterocycles. The maximum absolute atomic E-state index is 12.4. The van der Waals surface area contributed by atoms with E-state index < -0.39 is 23.8 Å². The van der Waals surface area contributed by atoms with Crippen molar-refractivity contribution in [3.05, 3.63) is 23.3 Å². The standard InChI is InChI=1S/C21H30O6/c1-12-10-16(22)21(3)14(19(25)26-4)6-5-7-15(21)20(12,2)9-8-13-11-17(23)27-18(13)24/h6,11-12,15-17,22-23H,5,7-10H2,1-4H3/t12-,15-,16+,17?,20+,21+/m1/s1. The van der Waals surface area contributed by atoms with Crippen molar-refractivity contribution >= 4 is 11.9 Å². The van der Waals surface area contributed by atoms with Gasteiger partial charge in [-0.05, 0) is 55.4 Å². The van der Waals surface area contributed by atoms with Gasteiger partial charge in [-0.25, -0.2) is 9.59 Å². The van der Waals surface area contributed by atoms with Crippen molar-refractivity contribution in [2.45, 2.75) is 65.3 Å². The molecule has 0 aromatic carbocycles. The van der Waals surface area contributed by atoms with Gasteiger partial charge in [-0.3, -0.25) is 0 Å². The SMILES string of the molecule is COC(=O)C1=CCC[C@@H]2[C@@](C)(CCC3=CC(O)OC3=O)[C@H](C)C[C@H](O)[C@@]12C. The van der Waals surface area contributed by atoms with Gasteiger partial charge in [-0.2, -0.15) is 0 Å². The van der Waals surface area contributed by atoms with E-state index in [1.165, 1.54) is 13.2 Å². The summed E-state index contributed by atoms with van der Waals surface area (Å²) in [4.78, 5) is 24.3. The highest BCUT2D eigenvalue weighted by Gasteiger charge is 2.59. The third-order valence-corrected chi connectivity index (χ3v) is 7.47. The largest absolute Gasteiger partial charge is 0.466 e. The third-order valence-electron chi connectivity index (χ3n) is 7.47. The normalized spacial score (nSPS) is 41.3. The van der Waals surface area contributed by atoms with E-state index in [4.69, 9.17) is 9.47 Å². The first-order valence-corrected chi connectivity index (χ1v) is 9.71. The van der Waals surface area contributed by atoms with Crippen LogP contribution in [-0.4, -0.2) is 41.7 Å². The molecule has 2 aliphatic carbocycles. The molecule has 0 radical (unpaired) electrons. The number of ether oxygens (including phenoxy) is 2. The average Bonchev–Trinajstić information content (AvgIpc) is 2.95. The van der Waals surface area contributed by atoms with E-state index in [0.717, 1.165) is 19.3 Å². The van der Waals surface area contributed by atoms with Crippen LogP contribution in [0, 0.1) is 22.7 Å². The van der Waals surface area contributed by atoms with E-state index in [9.17, 15) is 19.8 Å². The molecule has 0 bridgehead atoms. The maximum Gasteiger partial charge on any atom is 0.336 e. The fourth-order valence-corrected chi connectivity index (χ4v) is 5.60. The van der Waals surface area contributed by atoms with Gasteiger partial charge in [0, 0.05) is 16.6 Å². The fraction of sp³-hybridized carbons (Fsp3) is 0.714. The quantitative estimate of drug-likeness (QED) is 0.730. The van der Waals surface area contributed by atoms with Crippen LogP contribution in [0.4, 0.5) is 0 Å². The second-order valence-electron chi connectivity index (χ2n) is 8.67. The number of rotatable bonds is 4. The minimum absolute atomic E-state index is 0.0887. The van der Waals surface area contributed by atoms with Gasteiger partial charge in [0.15, 0.2) is 0 Å². The van der Waals surface area contributed by atoms with Crippen LogP contribution in [0.25, 0.3) is 0 Å². The predicted octanol–water partition coefficient (Wildman–Crippen LogP) is 2.49. The minimum atomic E-state index is -1.15. The lowest BCUT2D eigenvalue weighted by atomic mass is 9.45. The Balaban J connectivity index is 1.91. The summed E-state index contributed by atoms with van der Waals surface area (Å²) in [5.74, 6) is -0.518. The molecule has 0 saturated heterocycles. The number of allylic oxidation sites excluding steroid dienone is 1. The van der Waals surface area contributed by atoms with Gasteiger partial charge in [-0.15, -0.1) is 0 Å². The van der Waals surface area contributed by atoms with Crippen LogP contribution < -0.4 is 0 Å². The van der Waals surface area contributed by atoms with Crippen molar-refractivity contribution in [3.8, 4) is 0 Å². The molecule has 1 unspecified atom stereocenters. The smallest absolute Gasteiger partial charge is 0.336 e. The van der Waals surface area contributed by atoms with Crippen molar-refractivity contribution < 1.29 is 29.3 Å². The highest BCUT2D eigenvalue weighted by molar-refractivity contribution is 5.91. The number of fused-ring (bicyclic) bond motifs is 1. The van der Waals surface area contributed by atoms with Crippen LogP contribution in [0.1, 0.15) is 52.9 Å². The lowest BCUT2D eigenvalue weighted by Gasteiger charge is -2.59. The molecule has 2 N–H and O–H groups in total. The molecule has 150 valence electrons. The Morgan fingerprint density at radius 2 is 2.07 bits per heavy atom. The summed E-state index contributed by atoms with van der Waals surface area (Å²) >= 11 is 0. The molecule has 0 amide bonds. The number of cyclic esters (lactones) is 1. The lowest BCUT2D eigenvalue weighted by Crippen LogP contribution is -2.57. The van der Waals surface area contributed by atoms with Gasteiger partial charge >= 0.3 is 11.9 Å². The number of esters is 2. The van der Waals surface area contributed by atoms with Crippen LogP contribution in [0.5, 0.6) is 0 Å². The Morgan fingerprint density at radius 3 is 2.67 bits per heavy atom. The first-order valence-electron chi connectivity index (χ1n) is 9.71. The predicted molar refractivity (Wildman–Crippen MR) is 98.2 cm³/mol. The average molecular weight is 378 g/mol. The molecule has 1 saturated carbocycles. The van der Waals surface area contributed by atoms with Gasteiger partial charge in [0.05, 0.1) is 13.2 Å². The summed E-state index contributed by atoms with van der Waals surface area (Å²) < 4.78 is 9.79. The molecule has 6 heteroatoms. The van der Waals surface area contributed by atoms with Gasteiger partial charge in [-0.1, -0.05) is 26.8 Å². The van der Waals surface area contributed by atoms with Gasteiger partial charge in [0.2, 0.25) is 6.29 Å². The molecule has 0 aromatic rings. The number of aliphatic hydroxyl groups excluding tert-OH is 2. The summed E-state index contributed by atoms with van der Waals surface area (Å²) in [7, 11) is 1.37. The van der Waals surface area contributed by atoms with E-state index >= 15 is 0 Å². The van der Waals surface area contributed by atoms with Gasteiger partial charge < -0.3 is 19.7 Å². The molecular weight excluding hydrogens is 348 g/mol. The summed E-state index contributed by atoms with van der Waals surface area (Å²) in [6.07, 6.45) is 5.07. The monoisotopic (exact) mass is 378 g/mol. The van der Waals surface area contributed by atoms with Crippen molar-refractivity contribution in [1.29, 1.82) is 0 Å². The minimum Gasteiger partial charge on any atom is -0.466 e. The van der Waals surface area contributed by atoms with Gasteiger partial charge in [0.25, 0.3) is 0 Å². The zero-order valence-corrected chi connectivity index (χ0v) is 16.5. The summed E-state index contributed by atoms with van der Waals surface area (Å²) in [6.45, 7) is 6.31. The number of methoxy groups -OCH3 is 1. The van der Waals surface area contributed by atoms with Crippen LogP contribution in [0.3, 0.4) is 0 Å². The van der Waals surface area contributed by atoms with Crippen molar-refractivity contribution in [2.24, 2.45) is 22.7 Å². The van der Waals surface area contributed by atoms with E-state index in [0.29, 0.717) is 24.0 Å². The van der Waals surface area contributed by atoms with Crippen LogP contribution >= 0.6 is 0 Å². The molecule has 0 spiro atoms. The molecular formula is C21H30O6. The zero-order valence-electron chi connectivity index (χ0n) is 16.5. The fourth-order valence-electron chi connectivity index (χ4n) is 5.60. The summed E-state index contributed by atoms with van der Waals surface area (Å²) in [5.41, 5.74) is 0.234. The molecule has 1 aliphatic heterocycles. The van der Waals surface area contributed by atoms with Crippen LogP contribution in [0.15, 0.2) is 23.3 Å². The number of aliphatic hydroxyl groups is 2. The topological polar surface area (TPSA) is 93.1 Å². The maximum atomic E-state index is 12.4. The number of hydrogen-bond acceptors (Lipinski definition) is 6. The number of carbonyl (C=O) groups is 2. The highest BCUT2D eigenvalue weighted by atomic mass is 16.6. The van der Waals surface area contributed by atoms with E-state index in [1.54, 1.807) is 0 Å². The Morgan fingerprint density at radius 1 is 1.37 bits per heavy atom. The first kappa shape index (κ1) is 20.1. The summed E-state index contributed by atoms with van der Waals surface area (Å²) in [5, 5.41) is 20.5. The Kier molecular flexibility index (Phi) is 5.25. The van der Waals surface area contributed by atoms with Crippen molar-refractivity contribution in [1.82, 2.24) is 0 Å². The van der Waals surface area contributed by atoms with E-state index in [-0.39, 0.29) is 23.2 Å². The molecule has 6 atom stereocenters. The van der Waals surface area contributed by atoms with E-state index in [2.05, 4.69) is 13.8 Å². The number of carbonyl (C=O) groups excluding carboxylic acids is 2. The Hall–Kier alpha value is -1.66. The molecule has 3 aliphatic rings. The Labute approximate surface area is 160 Å². The van der Waals surface area contributed by atoms with Crippen molar-refractivity contribution in [2.75, 3.05) is 7.11 Å². The molecule has 27 heavy (non-hydrogen) atoms. The van der Waals surface area contributed by atoms with Crippen LogP contribution in [-0.2, 0) is 19.1 Å². The van der Waals surface area contributed by atoms with Gasteiger partial charge in [0.1, 0.15) is 0 Å². The molecule has 3 rings (SSSR count). The highest BCUT2D eigenvalue weighted by Crippen LogP contribution is 2.62. The first-order chi connectivity index (χ1) is 12.6. The number of hydrogen-bond donors (Lipinski definition) is 2. The van der Waals surface area contributed by atoms with E-state index in [1.807, 2.05) is 13.0 Å². The molecule has 1 fully saturated rings. The lowest BCUT2D eigenvalue weighted by molar-refractivity contribution is -0.152. The second kappa shape index (κ2) is 7.06. The third kappa shape index (κ3) is 3.13. The zero-order chi connectivity index (χ0) is 20.0. The second-order valence-corrected chi connectivity index (χ2v) is 8.67.